The molecule has 2 rings (SSSR count). The van der Waals surface area contributed by atoms with E-state index in [4.69, 9.17) is 4.74 Å². The molecule has 1 unspecified atom stereocenters. The van der Waals surface area contributed by atoms with E-state index in [1.54, 1.807) is 18.3 Å². The van der Waals surface area contributed by atoms with Crippen LogP contribution in [0.1, 0.15) is 0 Å². The molecule has 1 fully saturated rings. The van der Waals surface area contributed by atoms with Gasteiger partial charge in [0.15, 0.2) is 0 Å². The minimum atomic E-state index is -3.44. The molecule has 1 saturated heterocycles. The Kier molecular flexibility index (Phi) is 4.13. The Balaban J connectivity index is 2.21. The number of alkyl halides is 1. The van der Waals surface area contributed by atoms with Crippen molar-refractivity contribution in [3.8, 4) is 0 Å². The summed E-state index contributed by atoms with van der Waals surface area (Å²) in [5.74, 6) is 0. The summed E-state index contributed by atoms with van der Waals surface area (Å²) in [7, 11) is -3.44. The van der Waals surface area contributed by atoms with Gasteiger partial charge in [0.05, 0.1) is 12.7 Å². The van der Waals surface area contributed by atoms with E-state index in [1.807, 2.05) is 0 Å². The third-order valence-electron chi connectivity index (χ3n) is 2.55. The van der Waals surface area contributed by atoms with Crippen molar-refractivity contribution in [2.24, 2.45) is 0 Å². The van der Waals surface area contributed by atoms with Crippen molar-refractivity contribution < 1.29 is 13.2 Å². The number of aromatic nitrogens is 1. The van der Waals surface area contributed by atoms with Gasteiger partial charge in [0, 0.05) is 30.8 Å². The molecular weight excluding hydrogens is 308 g/mol. The van der Waals surface area contributed by atoms with Gasteiger partial charge in [0.1, 0.15) is 4.90 Å². The minimum Gasteiger partial charge on any atom is -0.375 e. The van der Waals surface area contributed by atoms with Crippen LogP contribution >= 0.6 is 15.9 Å². The third kappa shape index (κ3) is 2.85. The molecule has 0 amide bonds. The molecule has 94 valence electrons. The second-order valence-corrected chi connectivity index (χ2v) is 6.28. The number of pyridine rings is 1. The maximum Gasteiger partial charge on any atom is 0.244 e. The fourth-order valence-electron chi connectivity index (χ4n) is 1.65. The molecule has 17 heavy (non-hydrogen) atoms. The summed E-state index contributed by atoms with van der Waals surface area (Å²) in [4.78, 5) is 4.07. The van der Waals surface area contributed by atoms with Crippen molar-refractivity contribution in [1.82, 2.24) is 9.29 Å². The van der Waals surface area contributed by atoms with Gasteiger partial charge in [-0.15, -0.1) is 0 Å². The second kappa shape index (κ2) is 5.43. The molecule has 5 nitrogen and oxygen atoms in total. The molecule has 0 radical (unpaired) electrons. The molecule has 0 spiro atoms. The third-order valence-corrected chi connectivity index (χ3v) is 5.12. The van der Waals surface area contributed by atoms with Crippen molar-refractivity contribution in [1.29, 1.82) is 0 Å². The number of hydrogen-bond acceptors (Lipinski definition) is 4. The lowest BCUT2D eigenvalue weighted by Crippen LogP contribution is -2.46. The van der Waals surface area contributed by atoms with E-state index in [-0.39, 0.29) is 11.0 Å². The molecule has 1 aliphatic rings. The molecule has 0 bridgehead atoms. The highest BCUT2D eigenvalue weighted by Gasteiger charge is 2.30. The topological polar surface area (TPSA) is 59.5 Å². The summed E-state index contributed by atoms with van der Waals surface area (Å²) in [5, 5.41) is 0.631. The lowest BCUT2D eigenvalue weighted by Gasteiger charge is -2.31. The molecule has 1 aliphatic heterocycles. The van der Waals surface area contributed by atoms with Crippen molar-refractivity contribution in [3.05, 3.63) is 24.5 Å². The van der Waals surface area contributed by atoms with E-state index in [0.717, 1.165) is 0 Å². The Morgan fingerprint density at radius 2 is 2.41 bits per heavy atom. The maximum atomic E-state index is 12.3. The van der Waals surface area contributed by atoms with Crippen molar-refractivity contribution >= 4 is 26.0 Å². The van der Waals surface area contributed by atoms with E-state index < -0.39 is 10.0 Å². The van der Waals surface area contributed by atoms with Gasteiger partial charge in [0.25, 0.3) is 0 Å². The van der Waals surface area contributed by atoms with E-state index >= 15 is 0 Å². The van der Waals surface area contributed by atoms with Gasteiger partial charge >= 0.3 is 0 Å². The highest BCUT2D eigenvalue weighted by atomic mass is 79.9. The zero-order valence-electron chi connectivity index (χ0n) is 9.12. The van der Waals surface area contributed by atoms with Crippen LogP contribution in [0, 0.1) is 0 Å². The number of hydrogen-bond donors (Lipinski definition) is 0. The summed E-state index contributed by atoms with van der Waals surface area (Å²) >= 11 is 3.30. The first-order chi connectivity index (χ1) is 8.14. The molecule has 0 aromatic carbocycles. The number of halogens is 1. The van der Waals surface area contributed by atoms with Gasteiger partial charge in [-0.25, -0.2) is 8.42 Å². The molecular formula is C10H13BrN2O3S. The summed E-state index contributed by atoms with van der Waals surface area (Å²) < 4.78 is 31.4. The summed E-state index contributed by atoms with van der Waals surface area (Å²) in [6, 6.07) is 3.18. The van der Waals surface area contributed by atoms with E-state index in [0.29, 0.717) is 25.0 Å². The Bertz CT molecular complexity index is 466. The number of morpholine rings is 1. The highest BCUT2D eigenvalue weighted by Crippen LogP contribution is 2.18. The summed E-state index contributed by atoms with van der Waals surface area (Å²) in [6.07, 6.45) is 2.84. The van der Waals surface area contributed by atoms with E-state index in [9.17, 15) is 8.42 Å². The van der Waals surface area contributed by atoms with Gasteiger partial charge in [-0.05, 0) is 12.1 Å². The van der Waals surface area contributed by atoms with E-state index in [2.05, 4.69) is 20.9 Å². The summed E-state index contributed by atoms with van der Waals surface area (Å²) in [6.45, 7) is 1.19. The number of nitrogens with zero attached hydrogens (tertiary/aromatic N) is 2. The molecule has 0 aliphatic carbocycles. The Hall–Kier alpha value is -0.500. The van der Waals surface area contributed by atoms with Crippen molar-refractivity contribution in [2.75, 3.05) is 25.0 Å². The van der Waals surface area contributed by atoms with Crippen LogP contribution in [-0.2, 0) is 14.8 Å². The maximum absolute atomic E-state index is 12.3. The molecule has 0 saturated carbocycles. The van der Waals surface area contributed by atoms with Crippen LogP contribution in [0.5, 0.6) is 0 Å². The monoisotopic (exact) mass is 320 g/mol. The zero-order chi connectivity index (χ0) is 12.3. The first kappa shape index (κ1) is 12.9. The van der Waals surface area contributed by atoms with Crippen LogP contribution in [0.3, 0.4) is 0 Å². The minimum absolute atomic E-state index is 0.0878. The molecule has 1 atom stereocenters. The predicted octanol–water partition coefficient (Wildman–Crippen LogP) is 0.866. The van der Waals surface area contributed by atoms with Crippen LogP contribution in [0.2, 0.25) is 0 Å². The standard InChI is InChI=1S/C10H13BrN2O3S/c11-6-9-8-13(4-5-16-9)17(14,15)10-2-1-3-12-7-10/h1-3,7,9H,4-6,8H2. The van der Waals surface area contributed by atoms with Gasteiger partial charge in [-0.2, -0.15) is 4.31 Å². The first-order valence-electron chi connectivity index (χ1n) is 5.22. The average molecular weight is 321 g/mol. The Morgan fingerprint density at radius 3 is 3.06 bits per heavy atom. The average Bonchev–Trinajstić information content (AvgIpc) is 2.40. The molecule has 0 N–H and O–H groups in total. The fourth-order valence-corrected chi connectivity index (χ4v) is 3.46. The number of ether oxygens (including phenoxy) is 1. The lowest BCUT2D eigenvalue weighted by molar-refractivity contribution is 0.0136. The van der Waals surface area contributed by atoms with Crippen LogP contribution in [0.25, 0.3) is 0 Å². The van der Waals surface area contributed by atoms with Gasteiger partial charge in [-0.3, -0.25) is 4.98 Å². The first-order valence-corrected chi connectivity index (χ1v) is 7.78. The molecule has 1 aromatic rings. The van der Waals surface area contributed by atoms with Crippen LogP contribution in [-0.4, -0.2) is 48.8 Å². The number of rotatable bonds is 3. The smallest absolute Gasteiger partial charge is 0.244 e. The quantitative estimate of drug-likeness (QED) is 0.775. The van der Waals surface area contributed by atoms with Crippen molar-refractivity contribution in [2.45, 2.75) is 11.0 Å². The second-order valence-electron chi connectivity index (χ2n) is 3.70. The zero-order valence-corrected chi connectivity index (χ0v) is 11.5. The van der Waals surface area contributed by atoms with Crippen LogP contribution in [0.15, 0.2) is 29.4 Å². The van der Waals surface area contributed by atoms with Gasteiger partial charge in [-0.1, -0.05) is 15.9 Å². The molecule has 2 heterocycles. The van der Waals surface area contributed by atoms with Crippen LogP contribution in [0.4, 0.5) is 0 Å². The van der Waals surface area contributed by atoms with Crippen molar-refractivity contribution in [3.63, 3.8) is 0 Å². The Morgan fingerprint density at radius 1 is 1.59 bits per heavy atom. The molecule has 1 aromatic heterocycles. The normalized spacial score (nSPS) is 22.5. The fraction of sp³-hybridized carbons (Fsp3) is 0.500. The van der Waals surface area contributed by atoms with Gasteiger partial charge in [0.2, 0.25) is 10.0 Å². The van der Waals surface area contributed by atoms with E-state index in [1.165, 1.54) is 10.5 Å². The van der Waals surface area contributed by atoms with Gasteiger partial charge < -0.3 is 4.74 Å². The number of sulfonamides is 1. The highest BCUT2D eigenvalue weighted by molar-refractivity contribution is 9.09. The molecule has 7 heteroatoms. The largest absolute Gasteiger partial charge is 0.375 e. The lowest BCUT2D eigenvalue weighted by atomic mass is 10.3. The Labute approximate surface area is 109 Å². The van der Waals surface area contributed by atoms with Crippen LogP contribution < -0.4 is 0 Å². The predicted molar refractivity (Wildman–Crippen MR) is 66.5 cm³/mol. The SMILES string of the molecule is O=S(=O)(c1cccnc1)N1CCOC(CBr)C1. The summed E-state index contributed by atoms with van der Waals surface area (Å²) in [5.41, 5.74) is 0.